The summed E-state index contributed by atoms with van der Waals surface area (Å²) in [6, 6.07) is 20.5. The number of ether oxygens (including phenoxy) is 2. The first kappa shape index (κ1) is 19.4. The first-order valence-electron chi connectivity index (χ1n) is 9.31. The van der Waals surface area contributed by atoms with Crippen molar-refractivity contribution >= 4 is 5.69 Å². The molecule has 1 unspecified atom stereocenters. The second kappa shape index (κ2) is 8.65. The van der Waals surface area contributed by atoms with E-state index in [0.29, 0.717) is 28.6 Å². The Balaban J connectivity index is 1.73. The predicted molar refractivity (Wildman–Crippen MR) is 111 cm³/mol. The van der Waals surface area contributed by atoms with Crippen LogP contribution >= 0.6 is 0 Å². The lowest BCUT2D eigenvalue weighted by Gasteiger charge is -2.18. The van der Waals surface area contributed by atoms with Crippen LogP contribution in [0.3, 0.4) is 0 Å². The maximum absolute atomic E-state index is 14.6. The van der Waals surface area contributed by atoms with Crippen LogP contribution in [0.4, 0.5) is 10.1 Å². The quantitative estimate of drug-likeness (QED) is 0.462. The van der Waals surface area contributed by atoms with Gasteiger partial charge >= 0.3 is 0 Å². The highest BCUT2D eigenvalue weighted by molar-refractivity contribution is 5.57. The molecule has 6 nitrogen and oxygen atoms in total. The summed E-state index contributed by atoms with van der Waals surface area (Å²) < 4.78 is 31.2. The first-order chi connectivity index (χ1) is 14.7. The van der Waals surface area contributed by atoms with Crippen LogP contribution in [0.25, 0.3) is 11.5 Å². The molecule has 0 saturated carbocycles. The number of methoxy groups -OCH3 is 2. The molecule has 4 rings (SSSR count). The van der Waals surface area contributed by atoms with Crippen molar-refractivity contribution in [2.24, 2.45) is 0 Å². The van der Waals surface area contributed by atoms with Crippen molar-refractivity contribution in [3.63, 3.8) is 0 Å². The molecule has 0 aliphatic heterocycles. The highest BCUT2D eigenvalue weighted by atomic mass is 19.1. The van der Waals surface area contributed by atoms with Gasteiger partial charge in [-0.05, 0) is 30.3 Å². The van der Waals surface area contributed by atoms with Gasteiger partial charge in [0.15, 0.2) is 11.5 Å². The van der Waals surface area contributed by atoms with Crippen LogP contribution in [-0.4, -0.2) is 24.4 Å². The molecule has 1 N–H and O–H groups in total. The van der Waals surface area contributed by atoms with Gasteiger partial charge in [-0.15, -0.1) is 10.2 Å². The molecule has 1 heterocycles. The van der Waals surface area contributed by atoms with E-state index in [-0.39, 0.29) is 11.7 Å². The molecule has 3 aromatic carbocycles. The van der Waals surface area contributed by atoms with E-state index >= 15 is 0 Å². The third-order valence-electron chi connectivity index (χ3n) is 4.62. The summed E-state index contributed by atoms with van der Waals surface area (Å²) in [6.07, 6.45) is 0. The van der Waals surface area contributed by atoms with Crippen LogP contribution in [-0.2, 0) is 0 Å². The molecule has 4 aromatic rings. The van der Waals surface area contributed by atoms with Gasteiger partial charge in [0, 0.05) is 22.9 Å². The van der Waals surface area contributed by atoms with Crippen molar-refractivity contribution < 1.29 is 18.3 Å². The second-order valence-corrected chi connectivity index (χ2v) is 6.48. The highest BCUT2D eigenvalue weighted by Crippen LogP contribution is 2.34. The number of rotatable bonds is 7. The topological polar surface area (TPSA) is 69.4 Å². The average Bonchev–Trinajstić information content (AvgIpc) is 3.28. The monoisotopic (exact) mass is 405 g/mol. The maximum Gasteiger partial charge on any atom is 0.247 e. The number of aromatic nitrogens is 2. The summed E-state index contributed by atoms with van der Waals surface area (Å²) in [5.74, 6) is 1.37. The van der Waals surface area contributed by atoms with Crippen LogP contribution in [0.1, 0.15) is 17.5 Å². The van der Waals surface area contributed by atoms with E-state index in [1.165, 1.54) is 6.07 Å². The van der Waals surface area contributed by atoms with E-state index in [1.807, 2.05) is 36.4 Å². The molecule has 0 aliphatic rings. The Labute approximate surface area is 173 Å². The molecule has 30 heavy (non-hydrogen) atoms. The van der Waals surface area contributed by atoms with Crippen LogP contribution in [0.15, 0.2) is 77.2 Å². The van der Waals surface area contributed by atoms with E-state index in [0.717, 1.165) is 5.56 Å². The third kappa shape index (κ3) is 3.96. The van der Waals surface area contributed by atoms with Crippen molar-refractivity contribution in [2.75, 3.05) is 19.5 Å². The molecule has 1 aromatic heterocycles. The lowest BCUT2D eigenvalue weighted by atomic mass is 10.1. The minimum atomic E-state index is -0.700. The Morgan fingerprint density at radius 2 is 1.60 bits per heavy atom. The molecule has 0 aliphatic carbocycles. The number of nitrogens with one attached hydrogen (secondary N) is 1. The molecule has 7 heteroatoms. The molecule has 0 radical (unpaired) electrons. The molecule has 152 valence electrons. The summed E-state index contributed by atoms with van der Waals surface area (Å²) in [4.78, 5) is 0. The van der Waals surface area contributed by atoms with Gasteiger partial charge in [-0.1, -0.05) is 36.4 Å². The van der Waals surface area contributed by atoms with E-state index in [2.05, 4.69) is 15.5 Å². The fourth-order valence-electron chi connectivity index (χ4n) is 3.12. The zero-order chi connectivity index (χ0) is 20.9. The Morgan fingerprint density at radius 3 is 2.33 bits per heavy atom. The van der Waals surface area contributed by atoms with E-state index in [9.17, 15) is 4.39 Å². The molecule has 0 saturated heterocycles. The zero-order valence-electron chi connectivity index (χ0n) is 16.5. The van der Waals surface area contributed by atoms with Crippen LogP contribution in [0.5, 0.6) is 11.5 Å². The first-order valence-corrected chi connectivity index (χ1v) is 9.31. The standard InChI is InChI=1S/C23H20FN3O3/c1-28-19-13-12-16(14-20(19)29-2)25-21(17-10-6-7-11-18(17)24)23-27-26-22(30-23)15-8-4-3-5-9-15/h3-14,21,25H,1-2H3. The van der Waals surface area contributed by atoms with Gasteiger partial charge in [0.2, 0.25) is 11.8 Å². The molecule has 0 bridgehead atoms. The van der Waals surface area contributed by atoms with Crippen LogP contribution in [0, 0.1) is 5.82 Å². The summed E-state index contributed by atoms with van der Waals surface area (Å²) in [5, 5.41) is 11.6. The minimum absolute atomic E-state index is 0.244. The Kier molecular flexibility index (Phi) is 5.61. The van der Waals surface area contributed by atoms with Gasteiger partial charge in [-0.3, -0.25) is 0 Å². The van der Waals surface area contributed by atoms with Gasteiger partial charge in [-0.2, -0.15) is 0 Å². The Hall–Kier alpha value is -3.87. The summed E-state index contributed by atoms with van der Waals surface area (Å²) >= 11 is 0. The van der Waals surface area contributed by atoms with Crippen molar-refractivity contribution in [2.45, 2.75) is 6.04 Å². The molecule has 0 fully saturated rings. The number of benzene rings is 3. The summed E-state index contributed by atoms with van der Waals surface area (Å²) in [6.45, 7) is 0. The smallest absolute Gasteiger partial charge is 0.247 e. The Bertz CT molecular complexity index is 1130. The van der Waals surface area contributed by atoms with Crippen molar-refractivity contribution in [1.82, 2.24) is 10.2 Å². The molecule has 1 atom stereocenters. The zero-order valence-corrected chi connectivity index (χ0v) is 16.5. The highest BCUT2D eigenvalue weighted by Gasteiger charge is 2.24. The SMILES string of the molecule is COc1ccc(NC(c2nnc(-c3ccccc3)o2)c2ccccc2F)cc1OC. The van der Waals surface area contributed by atoms with Crippen molar-refractivity contribution in [3.05, 3.63) is 90.1 Å². The van der Waals surface area contributed by atoms with E-state index in [4.69, 9.17) is 13.9 Å². The van der Waals surface area contributed by atoms with Gasteiger partial charge in [0.05, 0.1) is 14.2 Å². The largest absolute Gasteiger partial charge is 0.493 e. The van der Waals surface area contributed by atoms with E-state index < -0.39 is 6.04 Å². The number of hydrogen-bond donors (Lipinski definition) is 1. The third-order valence-corrected chi connectivity index (χ3v) is 4.62. The molecular formula is C23H20FN3O3. The Morgan fingerprint density at radius 1 is 0.867 bits per heavy atom. The lowest BCUT2D eigenvalue weighted by molar-refractivity contribution is 0.355. The van der Waals surface area contributed by atoms with Gasteiger partial charge in [0.25, 0.3) is 0 Å². The van der Waals surface area contributed by atoms with E-state index in [1.54, 1.807) is 44.6 Å². The lowest BCUT2D eigenvalue weighted by Crippen LogP contribution is -2.14. The molecular weight excluding hydrogens is 385 g/mol. The van der Waals surface area contributed by atoms with Crippen molar-refractivity contribution in [1.29, 1.82) is 0 Å². The van der Waals surface area contributed by atoms with Crippen molar-refractivity contribution in [3.8, 4) is 23.0 Å². The molecule has 0 spiro atoms. The van der Waals surface area contributed by atoms with Crippen LogP contribution in [0.2, 0.25) is 0 Å². The predicted octanol–water partition coefficient (Wildman–Crippen LogP) is 5.09. The van der Waals surface area contributed by atoms with Gasteiger partial charge < -0.3 is 19.2 Å². The number of anilines is 1. The fourth-order valence-corrected chi connectivity index (χ4v) is 3.12. The second-order valence-electron chi connectivity index (χ2n) is 6.48. The summed E-state index contributed by atoms with van der Waals surface area (Å²) in [5.41, 5.74) is 1.85. The normalized spacial score (nSPS) is 11.7. The summed E-state index contributed by atoms with van der Waals surface area (Å²) in [7, 11) is 3.12. The number of halogens is 1. The number of nitrogens with zero attached hydrogens (tertiary/aromatic N) is 2. The van der Waals surface area contributed by atoms with Crippen LogP contribution < -0.4 is 14.8 Å². The average molecular weight is 405 g/mol. The van der Waals surface area contributed by atoms with Gasteiger partial charge in [0.1, 0.15) is 11.9 Å². The number of hydrogen-bond acceptors (Lipinski definition) is 6. The molecule has 0 amide bonds. The fraction of sp³-hybridized carbons (Fsp3) is 0.130. The maximum atomic E-state index is 14.6. The minimum Gasteiger partial charge on any atom is -0.493 e. The van der Waals surface area contributed by atoms with Gasteiger partial charge in [-0.25, -0.2) is 4.39 Å².